The highest BCUT2D eigenvalue weighted by Gasteiger charge is 2.12. The average molecular weight is 377 g/mol. The Hall–Kier alpha value is -1.92. The Morgan fingerprint density at radius 1 is 0.926 bits per heavy atom. The lowest BCUT2D eigenvalue weighted by Gasteiger charge is -2.12. The molecular weight excluding hydrogens is 340 g/mol. The van der Waals surface area contributed by atoms with E-state index in [1.807, 2.05) is 12.1 Å². The van der Waals surface area contributed by atoms with E-state index in [1.165, 1.54) is 6.42 Å². The number of hydrogen-bond donors (Lipinski definition) is 4. The maximum Gasteiger partial charge on any atom is 0.251 e. The van der Waals surface area contributed by atoms with Gasteiger partial charge < -0.3 is 22.1 Å². The highest BCUT2D eigenvalue weighted by Crippen LogP contribution is 2.06. The molecule has 0 unspecified atom stereocenters. The molecule has 1 atom stereocenters. The lowest BCUT2D eigenvalue weighted by atomic mass is 10.1. The smallest absolute Gasteiger partial charge is 0.251 e. The monoisotopic (exact) mass is 376 g/mol. The van der Waals surface area contributed by atoms with Gasteiger partial charge >= 0.3 is 0 Å². The fourth-order valence-electron chi connectivity index (χ4n) is 2.74. The normalized spacial score (nSPS) is 12.0. The maximum absolute atomic E-state index is 12.0. The molecule has 27 heavy (non-hydrogen) atoms. The molecule has 1 aromatic carbocycles. The van der Waals surface area contributed by atoms with Gasteiger partial charge in [-0.15, -0.1) is 0 Å². The lowest BCUT2D eigenvalue weighted by molar-refractivity contribution is -0.122. The van der Waals surface area contributed by atoms with Gasteiger partial charge in [-0.05, 0) is 49.3 Å². The molecule has 0 saturated carbocycles. The number of unbranched alkanes of at least 4 members (excludes halogenated alkanes) is 2. The van der Waals surface area contributed by atoms with Crippen LogP contribution in [0.15, 0.2) is 24.3 Å². The van der Waals surface area contributed by atoms with Crippen LogP contribution in [0.4, 0.5) is 0 Å². The van der Waals surface area contributed by atoms with Crippen LogP contribution in [0.25, 0.3) is 0 Å². The molecule has 6 heteroatoms. The van der Waals surface area contributed by atoms with Gasteiger partial charge in [0.05, 0.1) is 6.04 Å². The molecular formula is C21H36N4O2. The molecule has 0 heterocycles. The van der Waals surface area contributed by atoms with Crippen LogP contribution in [-0.2, 0) is 11.3 Å². The molecule has 0 bridgehead atoms. The number of nitrogens with one attached hydrogen (secondary N) is 2. The van der Waals surface area contributed by atoms with Crippen LogP contribution in [0.5, 0.6) is 0 Å². The van der Waals surface area contributed by atoms with Crippen LogP contribution in [0.2, 0.25) is 0 Å². The first-order valence-electron chi connectivity index (χ1n) is 10.0. The summed E-state index contributed by atoms with van der Waals surface area (Å²) in [6.45, 7) is 6.13. The summed E-state index contributed by atoms with van der Waals surface area (Å²) < 4.78 is 0. The van der Waals surface area contributed by atoms with E-state index in [0.717, 1.165) is 31.2 Å². The molecule has 2 amide bonds. The van der Waals surface area contributed by atoms with Crippen molar-refractivity contribution in [2.75, 3.05) is 13.1 Å². The summed E-state index contributed by atoms with van der Waals surface area (Å²) in [5, 5.41) is 5.79. The van der Waals surface area contributed by atoms with Crippen molar-refractivity contribution in [1.82, 2.24) is 10.6 Å². The zero-order chi connectivity index (χ0) is 20.1. The summed E-state index contributed by atoms with van der Waals surface area (Å²) >= 11 is 0. The summed E-state index contributed by atoms with van der Waals surface area (Å²) in [6, 6.07) is 6.79. The van der Waals surface area contributed by atoms with E-state index in [9.17, 15) is 9.59 Å². The van der Waals surface area contributed by atoms with Crippen molar-refractivity contribution in [3.63, 3.8) is 0 Å². The predicted octanol–water partition coefficient (Wildman–Crippen LogP) is 2.32. The first kappa shape index (κ1) is 23.1. The van der Waals surface area contributed by atoms with Crippen LogP contribution in [0.3, 0.4) is 0 Å². The number of hydrogen-bond acceptors (Lipinski definition) is 4. The number of rotatable bonds is 13. The molecule has 0 aliphatic heterocycles. The Kier molecular flexibility index (Phi) is 11.4. The van der Waals surface area contributed by atoms with Crippen LogP contribution < -0.4 is 22.1 Å². The van der Waals surface area contributed by atoms with Crippen molar-refractivity contribution in [2.45, 2.75) is 65.0 Å². The van der Waals surface area contributed by atoms with Gasteiger partial charge in [-0.2, -0.15) is 0 Å². The highest BCUT2D eigenvalue weighted by atomic mass is 16.2. The first-order valence-corrected chi connectivity index (χ1v) is 10.0. The molecule has 0 aromatic heterocycles. The second-order valence-corrected chi connectivity index (χ2v) is 7.44. The Morgan fingerprint density at radius 3 is 2.11 bits per heavy atom. The van der Waals surface area contributed by atoms with Crippen molar-refractivity contribution in [3.05, 3.63) is 35.4 Å². The highest BCUT2D eigenvalue weighted by molar-refractivity contribution is 5.94. The van der Waals surface area contributed by atoms with Gasteiger partial charge in [-0.25, -0.2) is 0 Å². The maximum atomic E-state index is 12.0. The molecule has 0 saturated heterocycles. The number of amides is 2. The summed E-state index contributed by atoms with van der Waals surface area (Å²) in [4.78, 5) is 24.0. The Labute approximate surface area is 163 Å². The van der Waals surface area contributed by atoms with E-state index < -0.39 is 6.04 Å². The molecule has 0 spiro atoms. The van der Waals surface area contributed by atoms with Crippen LogP contribution in [0, 0.1) is 5.92 Å². The fraction of sp³-hybridized carbons (Fsp3) is 0.619. The molecule has 0 aliphatic rings. The molecule has 0 aliphatic carbocycles. The lowest BCUT2D eigenvalue weighted by Crippen LogP contribution is -2.41. The van der Waals surface area contributed by atoms with Crippen molar-refractivity contribution < 1.29 is 9.59 Å². The van der Waals surface area contributed by atoms with E-state index >= 15 is 0 Å². The van der Waals surface area contributed by atoms with E-state index in [4.69, 9.17) is 11.5 Å². The molecule has 1 rings (SSSR count). The summed E-state index contributed by atoms with van der Waals surface area (Å²) in [7, 11) is 0. The van der Waals surface area contributed by atoms with E-state index in [-0.39, 0.29) is 11.8 Å². The van der Waals surface area contributed by atoms with Crippen molar-refractivity contribution >= 4 is 11.8 Å². The molecule has 152 valence electrons. The van der Waals surface area contributed by atoms with Crippen molar-refractivity contribution in [3.8, 4) is 0 Å². The average Bonchev–Trinajstić information content (AvgIpc) is 2.66. The van der Waals surface area contributed by atoms with Gasteiger partial charge in [0.25, 0.3) is 5.91 Å². The molecule has 0 fully saturated rings. The second kappa shape index (κ2) is 13.3. The Bertz CT molecular complexity index is 558. The zero-order valence-corrected chi connectivity index (χ0v) is 16.8. The number of nitrogens with two attached hydrogens (primary N) is 2. The second-order valence-electron chi connectivity index (χ2n) is 7.44. The number of benzene rings is 1. The quantitative estimate of drug-likeness (QED) is 0.396. The van der Waals surface area contributed by atoms with Gasteiger partial charge in [0.15, 0.2) is 0 Å². The topological polar surface area (TPSA) is 110 Å². The predicted molar refractivity (Wildman–Crippen MR) is 110 cm³/mol. The third kappa shape index (κ3) is 10.1. The van der Waals surface area contributed by atoms with E-state index in [0.29, 0.717) is 37.5 Å². The van der Waals surface area contributed by atoms with Crippen molar-refractivity contribution in [2.24, 2.45) is 17.4 Å². The van der Waals surface area contributed by atoms with E-state index in [2.05, 4.69) is 24.5 Å². The summed E-state index contributed by atoms with van der Waals surface area (Å²) in [5.41, 5.74) is 13.1. The van der Waals surface area contributed by atoms with E-state index in [1.54, 1.807) is 12.1 Å². The molecule has 6 N–H and O–H groups in total. The minimum Gasteiger partial charge on any atom is -0.355 e. The molecule has 0 radical (unpaired) electrons. The zero-order valence-electron chi connectivity index (χ0n) is 16.8. The minimum absolute atomic E-state index is 0.0800. The summed E-state index contributed by atoms with van der Waals surface area (Å²) in [5.74, 6) is 0.527. The minimum atomic E-state index is -0.477. The van der Waals surface area contributed by atoms with Crippen LogP contribution in [-0.4, -0.2) is 30.9 Å². The van der Waals surface area contributed by atoms with Crippen LogP contribution >= 0.6 is 0 Å². The third-order valence-corrected chi connectivity index (χ3v) is 4.52. The van der Waals surface area contributed by atoms with Gasteiger partial charge in [0, 0.05) is 25.2 Å². The SMILES string of the molecule is CC(C)CCCCNC(=O)[C@H](N)CCCCNC(=O)c1ccc(CN)cc1. The fourth-order valence-corrected chi connectivity index (χ4v) is 2.74. The standard InChI is InChI=1S/C21H36N4O2/c1-16(2)7-3-5-14-25-21(27)19(23)8-4-6-13-24-20(26)18-11-9-17(15-22)10-12-18/h9-12,16,19H,3-8,13-15,22-23H2,1-2H3,(H,24,26)(H,25,27)/t19-/m1/s1. The third-order valence-electron chi connectivity index (χ3n) is 4.52. The van der Waals surface area contributed by atoms with Crippen molar-refractivity contribution in [1.29, 1.82) is 0 Å². The first-order chi connectivity index (χ1) is 12.9. The van der Waals surface area contributed by atoms with Gasteiger partial charge in [0.2, 0.25) is 5.91 Å². The van der Waals surface area contributed by atoms with Gasteiger partial charge in [-0.3, -0.25) is 9.59 Å². The largest absolute Gasteiger partial charge is 0.355 e. The molecule has 1 aromatic rings. The van der Waals surface area contributed by atoms with Crippen LogP contribution in [0.1, 0.15) is 68.3 Å². The van der Waals surface area contributed by atoms with Gasteiger partial charge in [-0.1, -0.05) is 38.8 Å². The number of carbonyl (C=O) groups excluding carboxylic acids is 2. The Balaban J connectivity index is 2.10. The summed E-state index contributed by atoms with van der Waals surface area (Å²) in [6.07, 6.45) is 5.52. The number of carbonyl (C=O) groups is 2. The molecule has 6 nitrogen and oxygen atoms in total. The van der Waals surface area contributed by atoms with Gasteiger partial charge in [0.1, 0.15) is 0 Å². The Morgan fingerprint density at radius 2 is 1.52 bits per heavy atom.